The molecule has 0 aromatic carbocycles. The predicted molar refractivity (Wildman–Crippen MR) is 69.1 cm³/mol. The molecule has 0 radical (unpaired) electrons. The van der Waals surface area contributed by atoms with Crippen LogP contribution in [0.25, 0.3) is 0 Å². The number of aliphatic hydroxyl groups excluding tert-OH is 1. The van der Waals surface area contributed by atoms with Crippen LogP contribution in [-0.4, -0.2) is 29.9 Å². The highest BCUT2D eigenvalue weighted by Crippen LogP contribution is 2.23. The number of anilines is 1. The maximum atomic E-state index is 12.0. The Hall–Kier alpha value is -1.38. The lowest BCUT2D eigenvalue weighted by Gasteiger charge is -2.02. The van der Waals surface area contributed by atoms with Gasteiger partial charge in [-0.05, 0) is 12.1 Å². The molecule has 0 amide bonds. The molecule has 0 saturated carbocycles. The van der Waals surface area contributed by atoms with Crippen molar-refractivity contribution in [3.05, 3.63) is 29.3 Å². The normalized spacial score (nSPS) is 11.7. The summed E-state index contributed by atoms with van der Waals surface area (Å²) in [5.74, 6) is 0.287. The Morgan fingerprint density at radius 1 is 1.44 bits per heavy atom. The second kappa shape index (κ2) is 5.09. The third-order valence-electron chi connectivity index (χ3n) is 2.21. The number of hydrogen-bond donors (Lipinski definition) is 2. The summed E-state index contributed by atoms with van der Waals surface area (Å²) in [5.41, 5.74) is 0. The van der Waals surface area contributed by atoms with E-state index in [9.17, 15) is 8.42 Å². The average molecular weight is 287 g/mol. The molecule has 0 spiro atoms. The molecule has 2 aromatic heterocycles. The van der Waals surface area contributed by atoms with Crippen molar-refractivity contribution in [2.75, 3.05) is 11.3 Å². The van der Waals surface area contributed by atoms with E-state index in [0.29, 0.717) is 6.42 Å². The van der Waals surface area contributed by atoms with Gasteiger partial charge in [0.05, 0.1) is 0 Å². The second-order valence-electron chi connectivity index (χ2n) is 3.67. The Balaban J connectivity index is 2.19. The first kappa shape index (κ1) is 13.1. The highest BCUT2D eigenvalue weighted by atomic mass is 32.2. The van der Waals surface area contributed by atoms with Crippen molar-refractivity contribution >= 4 is 27.2 Å². The molecule has 0 bridgehead atoms. The molecule has 0 unspecified atom stereocenters. The quantitative estimate of drug-likeness (QED) is 0.852. The van der Waals surface area contributed by atoms with E-state index in [0.717, 1.165) is 16.2 Å². The predicted octanol–water partition coefficient (Wildman–Crippen LogP) is 0.817. The van der Waals surface area contributed by atoms with Gasteiger partial charge in [-0.3, -0.25) is 9.40 Å². The molecular weight excluding hydrogens is 274 g/mol. The number of sulfonamides is 1. The molecule has 6 nitrogen and oxygen atoms in total. The summed E-state index contributed by atoms with van der Waals surface area (Å²) in [7, 11) is -1.88. The van der Waals surface area contributed by atoms with Gasteiger partial charge in [0.1, 0.15) is 4.21 Å². The largest absolute Gasteiger partial charge is 0.396 e. The van der Waals surface area contributed by atoms with Crippen LogP contribution in [0.15, 0.2) is 28.6 Å². The molecule has 0 aliphatic carbocycles. The van der Waals surface area contributed by atoms with Crippen LogP contribution in [0.1, 0.15) is 4.88 Å². The highest BCUT2D eigenvalue weighted by molar-refractivity contribution is 7.94. The van der Waals surface area contributed by atoms with Crippen molar-refractivity contribution in [1.82, 2.24) is 9.78 Å². The van der Waals surface area contributed by atoms with Crippen molar-refractivity contribution in [3.8, 4) is 0 Å². The van der Waals surface area contributed by atoms with Crippen LogP contribution in [0.5, 0.6) is 0 Å². The molecule has 0 saturated heterocycles. The number of thiophene rings is 1. The van der Waals surface area contributed by atoms with Gasteiger partial charge in [-0.15, -0.1) is 11.3 Å². The van der Waals surface area contributed by atoms with Gasteiger partial charge in [-0.2, -0.15) is 5.10 Å². The van der Waals surface area contributed by atoms with E-state index in [4.69, 9.17) is 5.11 Å². The number of nitrogens with zero attached hydrogens (tertiary/aromatic N) is 2. The third kappa shape index (κ3) is 2.89. The van der Waals surface area contributed by atoms with E-state index in [1.165, 1.54) is 10.7 Å². The molecule has 2 rings (SSSR count). The van der Waals surface area contributed by atoms with Gasteiger partial charge in [0.25, 0.3) is 10.0 Å². The summed E-state index contributed by atoms with van der Waals surface area (Å²) in [5, 5.41) is 12.8. The lowest BCUT2D eigenvalue weighted by atomic mass is 10.4. The van der Waals surface area contributed by atoms with E-state index in [1.54, 1.807) is 25.4 Å². The van der Waals surface area contributed by atoms with Crippen molar-refractivity contribution in [1.29, 1.82) is 0 Å². The molecule has 2 aromatic rings. The lowest BCUT2D eigenvalue weighted by molar-refractivity contribution is 0.300. The van der Waals surface area contributed by atoms with Gasteiger partial charge >= 0.3 is 0 Å². The SMILES string of the molecule is Cn1ccc(NS(=O)(=O)c2ccc(CCO)s2)n1. The Labute approximate surface area is 109 Å². The fraction of sp³-hybridized carbons (Fsp3) is 0.300. The number of rotatable bonds is 5. The summed E-state index contributed by atoms with van der Waals surface area (Å²) in [6.45, 7) is 0.00761. The highest BCUT2D eigenvalue weighted by Gasteiger charge is 2.17. The molecule has 2 heterocycles. The minimum atomic E-state index is -3.59. The Bertz CT molecular complexity index is 630. The van der Waals surface area contributed by atoms with E-state index in [1.807, 2.05) is 0 Å². The zero-order valence-corrected chi connectivity index (χ0v) is 11.3. The maximum absolute atomic E-state index is 12.0. The zero-order valence-electron chi connectivity index (χ0n) is 9.70. The number of hydrogen-bond acceptors (Lipinski definition) is 5. The van der Waals surface area contributed by atoms with Crippen LogP contribution in [0, 0.1) is 0 Å². The van der Waals surface area contributed by atoms with Gasteiger partial charge in [-0.25, -0.2) is 8.42 Å². The van der Waals surface area contributed by atoms with E-state index in [-0.39, 0.29) is 16.6 Å². The summed E-state index contributed by atoms with van der Waals surface area (Å²) < 4.78 is 28.2. The summed E-state index contributed by atoms with van der Waals surface area (Å²) in [6.07, 6.45) is 2.12. The fourth-order valence-electron chi connectivity index (χ4n) is 1.40. The average Bonchev–Trinajstić information content (AvgIpc) is 2.88. The van der Waals surface area contributed by atoms with Crippen LogP contribution in [0.3, 0.4) is 0 Å². The van der Waals surface area contributed by atoms with Gasteiger partial charge in [-0.1, -0.05) is 0 Å². The number of aromatic nitrogens is 2. The molecule has 18 heavy (non-hydrogen) atoms. The molecule has 98 valence electrons. The molecule has 0 fully saturated rings. The number of aliphatic hydroxyl groups is 1. The molecule has 0 atom stereocenters. The van der Waals surface area contributed by atoms with Crippen LogP contribution in [-0.2, 0) is 23.5 Å². The minimum absolute atomic E-state index is 0.00761. The molecular formula is C10H13N3O3S2. The summed E-state index contributed by atoms with van der Waals surface area (Å²) >= 11 is 1.15. The van der Waals surface area contributed by atoms with Crippen LogP contribution < -0.4 is 4.72 Å². The van der Waals surface area contributed by atoms with Gasteiger partial charge < -0.3 is 5.11 Å². The van der Waals surface area contributed by atoms with Crippen molar-refractivity contribution in [2.24, 2.45) is 7.05 Å². The van der Waals surface area contributed by atoms with Gasteiger partial charge in [0, 0.05) is 37.2 Å². The Morgan fingerprint density at radius 2 is 2.22 bits per heavy atom. The van der Waals surface area contributed by atoms with Crippen molar-refractivity contribution < 1.29 is 13.5 Å². The molecule has 8 heteroatoms. The van der Waals surface area contributed by atoms with Crippen molar-refractivity contribution in [2.45, 2.75) is 10.6 Å². The smallest absolute Gasteiger partial charge is 0.272 e. The summed E-state index contributed by atoms with van der Waals surface area (Å²) in [6, 6.07) is 4.81. The topological polar surface area (TPSA) is 84.2 Å². The second-order valence-corrected chi connectivity index (χ2v) is 6.75. The Morgan fingerprint density at radius 3 is 2.83 bits per heavy atom. The summed E-state index contributed by atoms with van der Waals surface area (Å²) in [4.78, 5) is 0.832. The molecule has 2 N–H and O–H groups in total. The molecule has 0 aliphatic rings. The molecule has 0 aliphatic heterocycles. The fourth-order valence-corrected chi connectivity index (χ4v) is 3.75. The first-order valence-corrected chi connectivity index (χ1v) is 7.53. The zero-order chi connectivity index (χ0) is 13.2. The Kier molecular flexibility index (Phi) is 3.69. The monoisotopic (exact) mass is 287 g/mol. The maximum Gasteiger partial charge on any atom is 0.272 e. The standard InChI is InChI=1S/C10H13N3O3S2/c1-13-6-4-9(11-13)12-18(15,16)10-3-2-8(17-10)5-7-14/h2-4,6,14H,5,7H2,1H3,(H,11,12). The third-order valence-corrected chi connectivity index (χ3v) is 5.20. The van der Waals surface area contributed by atoms with E-state index >= 15 is 0 Å². The first-order valence-electron chi connectivity index (χ1n) is 5.23. The van der Waals surface area contributed by atoms with Crippen LogP contribution >= 0.6 is 11.3 Å². The van der Waals surface area contributed by atoms with Crippen LogP contribution in [0.4, 0.5) is 5.82 Å². The van der Waals surface area contributed by atoms with E-state index in [2.05, 4.69) is 9.82 Å². The number of aryl methyl sites for hydroxylation is 1. The first-order chi connectivity index (χ1) is 8.51. The van der Waals surface area contributed by atoms with E-state index < -0.39 is 10.0 Å². The van der Waals surface area contributed by atoms with Gasteiger partial charge in [0.2, 0.25) is 0 Å². The number of nitrogens with one attached hydrogen (secondary N) is 1. The lowest BCUT2D eigenvalue weighted by Crippen LogP contribution is -2.12. The van der Waals surface area contributed by atoms with Crippen LogP contribution in [0.2, 0.25) is 0 Å². The minimum Gasteiger partial charge on any atom is -0.396 e. The van der Waals surface area contributed by atoms with Crippen molar-refractivity contribution in [3.63, 3.8) is 0 Å². The van der Waals surface area contributed by atoms with Gasteiger partial charge in [0.15, 0.2) is 5.82 Å².